The molecule has 0 spiro atoms. The van der Waals surface area contributed by atoms with Gasteiger partial charge in [-0.25, -0.2) is 0 Å². The molecule has 1 unspecified atom stereocenters. The largest absolute Gasteiger partial charge is 0.349 e. The third-order valence-corrected chi connectivity index (χ3v) is 2.92. The molecule has 0 aromatic heterocycles. The summed E-state index contributed by atoms with van der Waals surface area (Å²) in [4.78, 5) is 13.1. The first-order chi connectivity index (χ1) is 7.91. The van der Waals surface area contributed by atoms with Gasteiger partial charge in [0.25, 0.3) is 0 Å². The number of hydrogen-bond donors (Lipinski definition) is 1. The third-order valence-electron chi connectivity index (χ3n) is 2.92. The molecule has 0 radical (unpaired) electrons. The Morgan fingerprint density at radius 1 is 1.18 bits per heavy atom. The zero-order chi connectivity index (χ0) is 13.0. The molecule has 94 valence electrons. The van der Waals surface area contributed by atoms with Crippen LogP contribution >= 0.6 is 0 Å². The van der Waals surface area contributed by atoms with Gasteiger partial charge in [-0.05, 0) is 17.0 Å². The van der Waals surface area contributed by atoms with E-state index in [1.165, 1.54) is 5.56 Å². The molecule has 1 rings (SSSR count). The van der Waals surface area contributed by atoms with Crippen LogP contribution in [-0.2, 0) is 4.79 Å². The van der Waals surface area contributed by atoms with E-state index in [-0.39, 0.29) is 11.9 Å². The van der Waals surface area contributed by atoms with E-state index in [1.54, 1.807) is 19.0 Å². The van der Waals surface area contributed by atoms with Crippen molar-refractivity contribution >= 4 is 5.91 Å². The van der Waals surface area contributed by atoms with Gasteiger partial charge in [0.15, 0.2) is 0 Å². The Morgan fingerprint density at radius 3 is 2.06 bits per heavy atom. The molecule has 0 aliphatic heterocycles. The van der Waals surface area contributed by atoms with Gasteiger partial charge in [-0.2, -0.15) is 0 Å². The number of nitrogens with zero attached hydrogens (tertiary/aromatic N) is 1. The third kappa shape index (κ3) is 3.86. The van der Waals surface area contributed by atoms with Crippen LogP contribution in [0, 0.1) is 0 Å². The van der Waals surface area contributed by atoms with Crippen LogP contribution < -0.4 is 5.73 Å². The highest BCUT2D eigenvalue weighted by Crippen LogP contribution is 2.19. The lowest BCUT2D eigenvalue weighted by molar-refractivity contribution is -0.129. The lowest BCUT2D eigenvalue weighted by Gasteiger charge is -2.16. The molecule has 3 nitrogen and oxygen atoms in total. The average molecular weight is 234 g/mol. The second-order valence-corrected chi connectivity index (χ2v) is 4.92. The highest BCUT2D eigenvalue weighted by molar-refractivity contribution is 5.76. The van der Waals surface area contributed by atoms with Crippen LogP contribution in [0.5, 0.6) is 0 Å². The number of carbonyl (C=O) groups is 1. The molecule has 3 heteroatoms. The quantitative estimate of drug-likeness (QED) is 0.868. The molecule has 0 fully saturated rings. The first-order valence-electron chi connectivity index (χ1n) is 5.97. The molecule has 0 aliphatic rings. The summed E-state index contributed by atoms with van der Waals surface area (Å²) in [7, 11) is 3.49. The summed E-state index contributed by atoms with van der Waals surface area (Å²) >= 11 is 0. The van der Waals surface area contributed by atoms with Crippen LogP contribution in [0.25, 0.3) is 0 Å². The zero-order valence-electron chi connectivity index (χ0n) is 11.1. The molecule has 2 N–H and O–H groups in total. The molecule has 0 saturated carbocycles. The van der Waals surface area contributed by atoms with Crippen LogP contribution in [-0.4, -0.2) is 24.9 Å². The lowest BCUT2D eigenvalue weighted by Crippen LogP contribution is -2.26. The van der Waals surface area contributed by atoms with Crippen molar-refractivity contribution in [3.8, 4) is 0 Å². The van der Waals surface area contributed by atoms with E-state index >= 15 is 0 Å². The maximum absolute atomic E-state index is 11.5. The summed E-state index contributed by atoms with van der Waals surface area (Å²) in [5, 5.41) is 0. The molecule has 1 aromatic carbocycles. The Kier molecular flexibility index (Phi) is 4.70. The van der Waals surface area contributed by atoms with E-state index < -0.39 is 0 Å². The minimum atomic E-state index is -0.217. The minimum absolute atomic E-state index is 0.0606. The predicted octanol–water partition coefficient (Wildman–Crippen LogP) is 2.29. The summed E-state index contributed by atoms with van der Waals surface area (Å²) in [5.74, 6) is 0.578. The van der Waals surface area contributed by atoms with E-state index in [0.29, 0.717) is 12.3 Å². The number of rotatable bonds is 4. The van der Waals surface area contributed by atoms with Crippen LogP contribution in [0.3, 0.4) is 0 Å². The van der Waals surface area contributed by atoms with Gasteiger partial charge >= 0.3 is 0 Å². The van der Waals surface area contributed by atoms with E-state index in [2.05, 4.69) is 26.0 Å². The molecule has 0 saturated heterocycles. The minimum Gasteiger partial charge on any atom is -0.349 e. The predicted molar refractivity (Wildman–Crippen MR) is 70.8 cm³/mol. The van der Waals surface area contributed by atoms with Crippen molar-refractivity contribution < 1.29 is 4.79 Å². The zero-order valence-corrected chi connectivity index (χ0v) is 11.1. The highest BCUT2D eigenvalue weighted by atomic mass is 16.2. The van der Waals surface area contributed by atoms with Crippen molar-refractivity contribution in [2.45, 2.75) is 32.2 Å². The number of nitrogens with two attached hydrogens (primary N) is 1. The number of hydrogen-bond acceptors (Lipinski definition) is 2. The van der Waals surface area contributed by atoms with Crippen molar-refractivity contribution in [3.05, 3.63) is 35.4 Å². The van der Waals surface area contributed by atoms with Gasteiger partial charge in [0, 0.05) is 26.6 Å². The van der Waals surface area contributed by atoms with Crippen molar-refractivity contribution in [1.29, 1.82) is 0 Å². The Labute approximate surface area is 104 Å². The molecule has 17 heavy (non-hydrogen) atoms. The standard InChI is InChI=1S/C14H22N2O/c1-10(2)11-5-7-12(8-6-11)13(15)9-14(17)16(3)4/h5-8,10,13H,9,15H2,1-4H3. The Bertz CT molecular complexity index is 368. The molecule has 0 heterocycles. The lowest BCUT2D eigenvalue weighted by atomic mass is 9.98. The molecule has 1 amide bonds. The van der Waals surface area contributed by atoms with Gasteiger partial charge < -0.3 is 10.6 Å². The van der Waals surface area contributed by atoms with Crippen molar-refractivity contribution in [2.24, 2.45) is 5.73 Å². The normalized spacial score (nSPS) is 12.6. The van der Waals surface area contributed by atoms with Crippen LogP contribution in [0.4, 0.5) is 0 Å². The summed E-state index contributed by atoms with van der Waals surface area (Å²) in [6.45, 7) is 4.31. The monoisotopic (exact) mass is 234 g/mol. The van der Waals surface area contributed by atoms with Crippen LogP contribution in [0.2, 0.25) is 0 Å². The molecule has 1 atom stereocenters. The second-order valence-electron chi connectivity index (χ2n) is 4.92. The molecular weight excluding hydrogens is 212 g/mol. The summed E-state index contributed by atoms with van der Waals surface area (Å²) in [6.07, 6.45) is 0.355. The Morgan fingerprint density at radius 2 is 1.65 bits per heavy atom. The maximum Gasteiger partial charge on any atom is 0.223 e. The van der Waals surface area contributed by atoms with Crippen LogP contribution in [0.15, 0.2) is 24.3 Å². The van der Waals surface area contributed by atoms with Gasteiger partial charge in [-0.15, -0.1) is 0 Å². The summed E-state index contributed by atoms with van der Waals surface area (Å²) < 4.78 is 0. The van der Waals surface area contributed by atoms with E-state index in [4.69, 9.17) is 5.73 Å². The summed E-state index contributed by atoms with van der Waals surface area (Å²) in [5.41, 5.74) is 8.32. The smallest absolute Gasteiger partial charge is 0.223 e. The number of carbonyl (C=O) groups excluding carboxylic acids is 1. The fourth-order valence-electron chi connectivity index (χ4n) is 1.62. The number of amides is 1. The first-order valence-corrected chi connectivity index (χ1v) is 5.97. The molecule has 1 aromatic rings. The molecular formula is C14H22N2O. The van der Waals surface area contributed by atoms with Gasteiger partial charge in [0.2, 0.25) is 5.91 Å². The fraction of sp³-hybridized carbons (Fsp3) is 0.500. The Balaban J connectivity index is 2.70. The maximum atomic E-state index is 11.5. The van der Waals surface area contributed by atoms with Gasteiger partial charge in [0.1, 0.15) is 0 Å². The fourth-order valence-corrected chi connectivity index (χ4v) is 1.62. The van der Waals surface area contributed by atoms with E-state index in [1.807, 2.05) is 12.1 Å². The SMILES string of the molecule is CC(C)c1ccc(C(N)CC(=O)N(C)C)cc1. The molecule has 0 bridgehead atoms. The molecule has 0 aliphatic carbocycles. The van der Waals surface area contributed by atoms with Gasteiger partial charge in [0.05, 0.1) is 0 Å². The van der Waals surface area contributed by atoms with E-state index in [0.717, 1.165) is 5.56 Å². The Hall–Kier alpha value is -1.35. The van der Waals surface area contributed by atoms with Gasteiger partial charge in [-0.3, -0.25) is 4.79 Å². The topological polar surface area (TPSA) is 46.3 Å². The average Bonchev–Trinajstić information content (AvgIpc) is 2.28. The van der Waals surface area contributed by atoms with Crippen LogP contribution in [0.1, 0.15) is 43.4 Å². The first kappa shape index (κ1) is 13.7. The van der Waals surface area contributed by atoms with E-state index in [9.17, 15) is 4.79 Å². The van der Waals surface area contributed by atoms with Crippen molar-refractivity contribution in [3.63, 3.8) is 0 Å². The number of benzene rings is 1. The summed E-state index contributed by atoms with van der Waals surface area (Å²) in [6, 6.07) is 7.98. The second kappa shape index (κ2) is 5.82. The van der Waals surface area contributed by atoms with Crippen molar-refractivity contribution in [2.75, 3.05) is 14.1 Å². The van der Waals surface area contributed by atoms with Crippen molar-refractivity contribution in [1.82, 2.24) is 4.90 Å². The van der Waals surface area contributed by atoms with Gasteiger partial charge in [-0.1, -0.05) is 38.1 Å². The highest BCUT2D eigenvalue weighted by Gasteiger charge is 2.13.